The number of carbonyl (C=O) groups is 1. The van der Waals surface area contributed by atoms with E-state index in [-0.39, 0.29) is 17.8 Å². The summed E-state index contributed by atoms with van der Waals surface area (Å²) in [4.78, 5) is 14.8. The van der Waals surface area contributed by atoms with Crippen molar-refractivity contribution < 1.29 is 9.18 Å². The van der Waals surface area contributed by atoms with Gasteiger partial charge in [-0.25, -0.2) is 4.39 Å². The number of hydrogen-bond acceptors (Lipinski definition) is 2. The van der Waals surface area contributed by atoms with E-state index in [0.29, 0.717) is 16.2 Å². The van der Waals surface area contributed by atoms with Crippen molar-refractivity contribution in [2.75, 3.05) is 7.05 Å². The van der Waals surface area contributed by atoms with E-state index in [1.165, 1.54) is 30.2 Å². The Morgan fingerprint density at radius 1 is 1.47 bits per heavy atom. The van der Waals surface area contributed by atoms with Gasteiger partial charge in [0.15, 0.2) is 0 Å². The van der Waals surface area contributed by atoms with Crippen molar-refractivity contribution in [3.8, 4) is 0 Å². The van der Waals surface area contributed by atoms with Crippen LogP contribution in [-0.2, 0) is 0 Å². The van der Waals surface area contributed by atoms with Gasteiger partial charge in [-0.1, -0.05) is 6.07 Å². The Morgan fingerprint density at radius 3 is 2.84 bits per heavy atom. The predicted octanol–water partition coefficient (Wildman–Crippen LogP) is 3.91. The van der Waals surface area contributed by atoms with Gasteiger partial charge in [0.25, 0.3) is 5.91 Å². The van der Waals surface area contributed by atoms with Gasteiger partial charge < -0.3 is 4.90 Å². The van der Waals surface area contributed by atoms with Crippen LogP contribution >= 0.6 is 11.3 Å². The maximum absolute atomic E-state index is 13.6. The highest BCUT2D eigenvalue weighted by Crippen LogP contribution is 2.36. The molecule has 1 aliphatic carbocycles. The van der Waals surface area contributed by atoms with Crippen LogP contribution in [0.2, 0.25) is 0 Å². The van der Waals surface area contributed by atoms with Crippen LogP contribution in [0, 0.1) is 11.7 Å². The van der Waals surface area contributed by atoms with E-state index in [1.807, 2.05) is 13.1 Å². The van der Waals surface area contributed by atoms with E-state index in [9.17, 15) is 9.18 Å². The average molecular weight is 277 g/mol. The molecule has 0 bridgehead atoms. The van der Waals surface area contributed by atoms with E-state index in [1.54, 1.807) is 17.0 Å². The maximum Gasteiger partial charge on any atom is 0.263 e. The normalized spacial score (nSPS) is 16.6. The lowest BCUT2D eigenvalue weighted by molar-refractivity contribution is 0.0732. The number of halogens is 1. The van der Waals surface area contributed by atoms with Gasteiger partial charge in [-0.05, 0) is 43.9 Å². The summed E-state index contributed by atoms with van der Waals surface area (Å²) in [5.74, 6) is 0.380. The van der Waals surface area contributed by atoms with Crippen molar-refractivity contribution in [1.29, 1.82) is 0 Å². The summed E-state index contributed by atoms with van der Waals surface area (Å²) in [7, 11) is 1.84. The van der Waals surface area contributed by atoms with E-state index >= 15 is 0 Å². The number of hydrogen-bond donors (Lipinski definition) is 0. The van der Waals surface area contributed by atoms with Crippen LogP contribution < -0.4 is 0 Å². The minimum absolute atomic E-state index is 0. The van der Waals surface area contributed by atoms with Crippen molar-refractivity contribution in [2.45, 2.75) is 25.8 Å². The van der Waals surface area contributed by atoms with Gasteiger partial charge in [0, 0.05) is 23.2 Å². The molecule has 0 aliphatic heterocycles. The van der Waals surface area contributed by atoms with Gasteiger partial charge in [0.1, 0.15) is 5.82 Å². The summed E-state index contributed by atoms with van der Waals surface area (Å²) in [6.45, 7) is 2.09. The Bertz CT molecular complexity index is 632. The number of carbonyl (C=O) groups excluding carboxylic acids is 1. The molecular formula is C15H16FNOS. The van der Waals surface area contributed by atoms with Gasteiger partial charge in [-0.2, -0.15) is 0 Å². The van der Waals surface area contributed by atoms with Crippen LogP contribution in [0.1, 0.15) is 29.4 Å². The third kappa shape index (κ3) is 2.25. The summed E-state index contributed by atoms with van der Waals surface area (Å²) in [5, 5.41) is 0.545. The molecule has 0 N–H and O–H groups in total. The first-order chi connectivity index (χ1) is 9.08. The molecule has 19 heavy (non-hydrogen) atoms. The molecule has 1 aliphatic rings. The molecular weight excluding hydrogens is 261 g/mol. The lowest BCUT2D eigenvalue weighted by Crippen LogP contribution is -2.35. The monoisotopic (exact) mass is 277 g/mol. The zero-order valence-electron chi connectivity index (χ0n) is 11.0. The fourth-order valence-corrected chi connectivity index (χ4v) is 3.44. The van der Waals surface area contributed by atoms with Gasteiger partial charge in [-0.3, -0.25) is 4.79 Å². The Labute approximate surface area is 115 Å². The molecule has 0 saturated heterocycles. The highest BCUT2D eigenvalue weighted by molar-refractivity contribution is 7.20. The lowest BCUT2D eigenvalue weighted by Gasteiger charge is -2.24. The van der Waals surface area contributed by atoms with Crippen molar-refractivity contribution >= 4 is 27.3 Å². The summed E-state index contributed by atoms with van der Waals surface area (Å²) in [6.07, 6.45) is 2.42. The molecule has 1 heterocycles. The van der Waals surface area contributed by atoms with Crippen molar-refractivity contribution in [1.82, 2.24) is 4.90 Å². The second-order valence-corrected chi connectivity index (χ2v) is 6.34. The molecule has 1 amide bonds. The first-order valence-corrected chi connectivity index (χ1v) is 7.35. The minimum Gasteiger partial charge on any atom is -0.338 e. The molecule has 1 atom stereocenters. The Hall–Kier alpha value is -1.42. The van der Waals surface area contributed by atoms with Gasteiger partial charge in [0.05, 0.1) is 4.88 Å². The van der Waals surface area contributed by atoms with Crippen LogP contribution in [-0.4, -0.2) is 23.9 Å². The molecule has 100 valence electrons. The Morgan fingerprint density at radius 2 is 2.21 bits per heavy atom. The van der Waals surface area contributed by atoms with E-state index in [2.05, 4.69) is 6.92 Å². The van der Waals surface area contributed by atoms with Crippen LogP contribution in [0.25, 0.3) is 10.1 Å². The van der Waals surface area contributed by atoms with E-state index < -0.39 is 0 Å². The number of fused-ring (bicyclic) bond motifs is 1. The molecule has 1 fully saturated rings. The molecule has 3 rings (SSSR count). The maximum atomic E-state index is 13.6. The summed E-state index contributed by atoms with van der Waals surface area (Å²) >= 11 is 1.37. The number of nitrogens with zero attached hydrogens (tertiary/aromatic N) is 1. The van der Waals surface area contributed by atoms with Crippen LogP contribution in [0.3, 0.4) is 0 Å². The van der Waals surface area contributed by atoms with Gasteiger partial charge in [-0.15, -0.1) is 11.3 Å². The van der Waals surface area contributed by atoms with Crippen LogP contribution in [0.15, 0.2) is 24.3 Å². The van der Waals surface area contributed by atoms with Crippen molar-refractivity contribution in [3.05, 3.63) is 35.0 Å². The average Bonchev–Trinajstić information content (AvgIpc) is 3.15. The zero-order chi connectivity index (χ0) is 13.6. The predicted molar refractivity (Wildman–Crippen MR) is 76.1 cm³/mol. The first-order valence-electron chi connectivity index (χ1n) is 6.53. The first kappa shape index (κ1) is 12.6. The third-order valence-electron chi connectivity index (χ3n) is 3.95. The topological polar surface area (TPSA) is 20.3 Å². The standard InChI is InChI=1S/C15H16FNOS/c1-9(10-6-7-10)17(2)15(18)14-8-11-12(16)4-3-5-13(11)19-14/h3-5,8-10H,6-7H2,1-2H3. The highest BCUT2D eigenvalue weighted by atomic mass is 32.1. The lowest BCUT2D eigenvalue weighted by atomic mass is 10.2. The molecule has 2 aromatic rings. The van der Waals surface area contributed by atoms with E-state index in [0.717, 1.165) is 4.70 Å². The summed E-state index contributed by atoms with van der Waals surface area (Å²) in [6, 6.07) is 6.90. The molecule has 1 saturated carbocycles. The largest absolute Gasteiger partial charge is 0.338 e. The number of thiophene rings is 1. The van der Waals surface area contributed by atoms with E-state index in [4.69, 9.17) is 0 Å². The minimum atomic E-state index is -0.259. The van der Waals surface area contributed by atoms with Crippen LogP contribution in [0.5, 0.6) is 0 Å². The zero-order valence-corrected chi connectivity index (χ0v) is 11.8. The smallest absolute Gasteiger partial charge is 0.263 e. The quantitative estimate of drug-likeness (QED) is 0.833. The summed E-state index contributed by atoms with van der Waals surface area (Å²) < 4.78 is 14.5. The number of benzene rings is 1. The van der Waals surface area contributed by atoms with Crippen molar-refractivity contribution in [2.24, 2.45) is 5.92 Å². The molecule has 1 unspecified atom stereocenters. The Kier molecular flexibility index (Phi) is 3.05. The van der Waals surface area contributed by atoms with Gasteiger partial charge in [0.2, 0.25) is 0 Å². The second kappa shape index (κ2) is 4.60. The van der Waals surface area contributed by atoms with Crippen LogP contribution in [0.4, 0.5) is 4.39 Å². The SMILES string of the molecule is CC(C1CC1)N(C)C(=O)c1cc2c(F)cccc2s1. The molecule has 2 nitrogen and oxygen atoms in total. The molecule has 1 aromatic carbocycles. The highest BCUT2D eigenvalue weighted by Gasteiger charge is 2.33. The molecule has 0 spiro atoms. The fourth-order valence-electron chi connectivity index (χ4n) is 2.38. The number of amides is 1. The summed E-state index contributed by atoms with van der Waals surface area (Å²) in [5.41, 5.74) is 0. The van der Waals surface area contributed by atoms with Gasteiger partial charge >= 0.3 is 0 Å². The molecule has 1 aromatic heterocycles. The molecule has 0 radical (unpaired) electrons. The Balaban J connectivity index is 1.90. The molecule has 4 heteroatoms. The second-order valence-electron chi connectivity index (χ2n) is 5.26. The number of rotatable bonds is 3. The third-order valence-corrected chi connectivity index (χ3v) is 5.04. The van der Waals surface area contributed by atoms with Crippen molar-refractivity contribution in [3.63, 3.8) is 0 Å². The fraction of sp³-hybridized carbons (Fsp3) is 0.400.